The fourth-order valence-electron chi connectivity index (χ4n) is 0.383. The van der Waals surface area contributed by atoms with Crippen molar-refractivity contribution in [2.24, 2.45) is 10.9 Å². The summed E-state index contributed by atoms with van der Waals surface area (Å²) in [5.41, 5.74) is -0.556. The lowest BCUT2D eigenvalue weighted by atomic mass is 10.1. The Hall–Kier alpha value is -1.06. The standard InChI is InChI=1S/C9H12F3N/c1-6(2)7(3)5-13-8(4)9(10,11)12/h5-6H,3-4H2,1-2H3. The van der Waals surface area contributed by atoms with Crippen molar-refractivity contribution < 1.29 is 13.2 Å². The van der Waals surface area contributed by atoms with Crippen LogP contribution < -0.4 is 0 Å². The number of hydrogen-bond acceptors (Lipinski definition) is 1. The molecular formula is C9H12F3N. The predicted octanol–water partition coefficient (Wildman–Crippen LogP) is 3.35. The normalized spacial score (nSPS) is 12.5. The second-order valence-corrected chi connectivity index (χ2v) is 2.93. The van der Waals surface area contributed by atoms with Gasteiger partial charge in [0.05, 0.1) is 0 Å². The van der Waals surface area contributed by atoms with Gasteiger partial charge >= 0.3 is 6.18 Å². The Morgan fingerprint density at radius 3 is 2.08 bits per heavy atom. The van der Waals surface area contributed by atoms with E-state index in [1.165, 1.54) is 0 Å². The Kier molecular flexibility index (Phi) is 3.91. The van der Waals surface area contributed by atoms with Crippen molar-refractivity contribution in [1.82, 2.24) is 0 Å². The van der Waals surface area contributed by atoms with Crippen LogP contribution in [0.5, 0.6) is 0 Å². The lowest BCUT2D eigenvalue weighted by Crippen LogP contribution is -2.09. The molecule has 0 heterocycles. The third-order valence-electron chi connectivity index (χ3n) is 1.46. The zero-order valence-electron chi connectivity index (χ0n) is 7.65. The topological polar surface area (TPSA) is 12.4 Å². The van der Waals surface area contributed by atoms with Gasteiger partial charge in [-0.2, -0.15) is 13.2 Å². The van der Waals surface area contributed by atoms with Gasteiger partial charge in [0.1, 0.15) is 5.70 Å². The van der Waals surface area contributed by atoms with Crippen LogP contribution in [-0.2, 0) is 0 Å². The van der Waals surface area contributed by atoms with Gasteiger partial charge in [0, 0.05) is 6.21 Å². The van der Waals surface area contributed by atoms with Crippen LogP contribution in [0.3, 0.4) is 0 Å². The van der Waals surface area contributed by atoms with Crippen molar-refractivity contribution in [2.45, 2.75) is 20.0 Å². The van der Waals surface area contributed by atoms with Crippen LogP contribution >= 0.6 is 0 Å². The Morgan fingerprint density at radius 1 is 1.31 bits per heavy atom. The molecule has 0 aliphatic carbocycles. The van der Waals surface area contributed by atoms with Gasteiger partial charge in [0.25, 0.3) is 0 Å². The zero-order valence-corrected chi connectivity index (χ0v) is 7.65. The van der Waals surface area contributed by atoms with E-state index in [0.717, 1.165) is 6.21 Å². The highest BCUT2D eigenvalue weighted by atomic mass is 19.4. The lowest BCUT2D eigenvalue weighted by molar-refractivity contribution is -0.0918. The minimum atomic E-state index is -4.45. The number of aliphatic imine (C=N–C) groups is 1. The number of halogens is 3. The van der Waals surface area contributed by atoms with Gasteiger partial charge < -0.3 is 0 Å². The molecule has 0 saturated heterocycles. The van der Waals surface area contributed by atoms with Crippen LogP contribution in [0, 0.1) is 5.92 Å². The van der Waals surface area contributed by atoms with Crippen molar-refractivity contribution >= 4 is 6.21 Å². The highest BCUT2D eigenvalue weighted by Crippen LogP contribution is 2.24. The van der Waals surface area contributed by atoms with Gasteiger partial charge in [-0.1, -0.05) is 27.0 Å². The first kappa shape index (κ1) is 11.9. The van der Waals surface area contributed by atoms with E-state index in [1.807, 2.05) is 13.8 Å². The van der Waals surface area contributed by atoms with Gasteiger partial charge in [-0.3, -0.25) is 4.99 Å². The molecule has 0 aromatic heterocycles. The summed E-state index contributed by atoms with van der Waals surface area (Å²) in [6.07, 6.45) is -3.35. The first-order chi connectivity index (χ1) is 5.75. The van der Waals surface area contributed by atoms with Gasteiger partial charge in [-0.15, -0.1) is 0 Å². The van der Waals surface area contributed by atoms with Gasteiger partial charge in [-0.25, -0.2) is 0 Å². The molecule has 13 heavy (non-hydrogen) atoms. The molecule has 0 radical (unpaired) electrons. The van der Waals surface area contributed by atoms with E-state index in [4.69, 9.17) is 0 Å². The lowest BCUT2D eigenvalue weighted by Gasteiger charge is -2.05. The minimum absolute atomic E-state index is 0.0878. The molecule has 0 unspecified atom stereocenters. The monoisotopic (exact) mass is 191 g/mol. The number of alkyl halides is 3. The second-order valence-electron chi connectivity index (χ2n) is 2.93. The molecule has 0 aliphatic rings. The maximum atomic E-state index is 11.9. The minimum Gasteiger partial charge on any atom is -0.252 e. The van der Waals surface area contributed by atoms with E-state index in [2.05, 4.69) is 18.2 Å². The molecule has 74 valence electrons. The number of rotatable bonds is 3. The first-order valence-corrected chi connectivity index (χ1v) is 3.74. The Labute approximate surface area is 75.7 Å². The summed E-state index contributed by atoms with van der Waals surface area (Å²) in [6, 6.07) is 0. The molecular weight excluding hydrogens is 179 g/mol. The van der Waals surface area contributed by atoms with Gasteiger partial charge in [0.2, 0.25) is 0 Å². The van der Waals surface area contributed by atoms with E-state index in [0.29, 0.717) is 5.57 Å². The van der Waals surface area contributed by atoms with E-state index in [1.54, 1.807) is 0 Å². The molecule has 0 fully saturated rings. The van der Waals surface area contributed by atoms with E-state index < -0.39 is 11.9 Å². The van der Waals surface area contributed by atoms with E-state index >= 15 is 0 Å². The van der Waals surface area contributed by atoms with Crippen LogP contribution in [0.15, 0.2) is 29.4 Å². The molecule has 0 amide bonds. The van der Waals surface area contributed by atoms with Crippen LogP contribution in [0.4, 0.5) is 13.2 Å². The summed E-state index contributed by atoms with van der Waals surface area (Å²) in [5, 5.41) is 0. The molecule has 0 atom stereocenters. The van der Waals surface area contributed by atoms with Gasteiger partial charge in [-0.05, 0) is 11.5 Å². The molecule has 4 heteroatoms. The second kappa shape index (κ2) is 4.25. The quantitative estimate of drug-likeness (QED) is 0.606. The van der Waals surface area contributed by atoms with Crippen molar-refractivity contribution in [1.29, 1.82) is 0 Å². The SMILES string of the molecule is C=C(C=NC(=C)C(F)(F)F)C(C)C. The van der Waals surface area contributed by atoms with Crippen LogP contribution in [0.1, 0.15) is 13.8 Å². The smallest absolute Gasteiger partial charge is 0.252 e. The summed E-state index contributed by atoms with van der Waals surface area (Å²) in [5.74, 6) is 0.0878. The average molecular weight is 191 g/mol. The maximum Gasteiger partial charge on any atom is 0.432 e. The van der Waals surface area contributed by atoms with E-state index in [9.17, 15) is 13.2 Å². The molecule has 0 rings (SSSR count). The molecule has 0 aromatic rings. The fourth-order valence-corrected chi connectivity index (χ4v) is 0.383. The highest BCUT2D eigenvalue weighted by Gasteiger charge is 2.31. The highest BCUT2D eigenvalue weighted by molar-refractivity contribution is 5.79. The number of hydrogen-bond donors (Lipinski definition) is 0. The molecule has 0 aromatic carbocycles. The Balaban J connectivity index is 4.30. The van der Waals surface area contributed by atoms with Crippen molar-refractivity contribution in [2.75, 3.05) is 0 Å². The molecule has 0 N–H and O–H groups in total. The largest absolute Gasteiger partial charge is 0.432 e. The summed E-state index contributed by atoms with van der Waals surface area (Å²) in [6.45, 7) is 9.99. The van der Waals surface area contributed by atoms with Crippen LogP contribution in [0.25, 0.3) is 0 Å². The third kappa shape index (κ3) is 4.50. The average Bonchev–Trinajstić information content (AvgIpc) is 1.97. The molecule has 0 spiro atoms. The molecule has 0 bridgehead atoms. The first-order valence-electron chi connectivity index (χ1n) is 3.74. The number of allylic oxidation sites excluding steroid dienone is 2. The van der Waals surface area contributed by atoms with E-state index in [-0.39, 0.29) is 5.92 Å². The van der Waals surface area contributed by atoms with Crippen LogP contribution in [0.2, 0.25) is 0 Å². The Bertz CT molecular complexity index is 236. The summed E-state index contributed by atoms with van der Waals surface area (Å²) < 4.78 is 35.6. The fraction of sp³-hybridized carbons (Fsp3) is 0.444. The maximum absolute atomic E-state index is 11.9. The molecule has 0 saturated carbocycles. The summed E-state index contributed by atoms with van der Waals surface area (Å²) in [4.78, 5) is 3.17. The number of nitrogens with zero attached hydrogens (tertiary/aromatic N) is 1. The van der Waals surface area contributed by atoms with Crippen molar-refractivity contribution in [3.63, 3.8) is 0 Å². The zero-order chi connectivity index (χ0) is 10.6. The third-order valence-corrected chi connectivity index (χ3v) is 1.46. The van der Waals surface area contributed by atoms with Crippen molar-refractivity contribution in [3.8, 4) is 0 Å². The summed E-state index contributed by atoms with van der Waals surface area (Å²) in [7, 11) is 0. The van der Waals surface area contributed by atoms with Crippen molar-refractivity contribution in [3.05, 3.63) is 24.4 Å². The predicted molar refractivity (Wildman–Crippen MR) is 47.7 cm³/mol. The van der Waals surface area contributed by atoms with Crippen LogP contribution in [-0.4, -0.2) is 12.4 Å². The molecule has 0 aliphatic heterocycles. The summed E-state index contributed by atoms with van der Waals surface area (Å²) >= 11 is 0. The van der Waals surface area contributed by atoms with Gasteiger partial charge in [0.15, 0.2) is 0 Å². The Morgan fingerprint density at radius 2 is 1.77 bits per heavy atom. The molecule has 1 nitrogen and oxygen atoms in total.